The maximum absolute atomic E-state index is 12.1. The summed E-state index contributed by atoms with van der Waals surface area (Å²) in [5, 5.41) is 0. The van der Waals surface area contributed by atoms with Gasteiger partial charge in [-0.25, -0.2) is 0 Å². The van der Waals surface area contributed by atoms with E-state index in [1.807, 2.05) is 13.8 Å². The zero-order chi connectivity index (χ0) is 14.6. The van der Waals surface area contributed by atoms with Crippen LogP contribution in [-0.2, 0) is 4.79 Å². The van der Waals surface area contributed by atoms with E-state index in [1.54, 1.807) is 0 Å². The topological polar surface area (TPSA) is 17.1 Å². The van der Waals surface area contributed by atoms with E-state index >= 15 is 0 Å². The first-order valence-electron chi connectivity index (χ1n) is 8.48. The fraction of sp³-hybridized carbons (Fsp3) is 0.944. The van der Waals surface area contributed by atoms with Gasteiger partial charge in [0, 0.05) is 12.3 Å². The first-order valence-corrected chi connectivity index (χ1v) is 8.48. The van der Waals surface area contributed by atoms with E-state index in [0.717, 1.165) is 30.6 Å². The molecule has 0 radical (unpaired) electrons. The standard InChI is InChI=1S/C16H28O.C2H6/c1-11(2)10-12(3)13-7-8-14-15(17)6-5-9-16(13,14)4;1-2/h11-14H,5-10H2,1-4H3;1-2H3. The lowest BCUT2D eigenvalue weighted by Crippen LogP contribution is -2.39. The Hall–Kier alpha value is -0.330. The largest absolute Gasteiger partial charge is 0.299 e. The van der Waals surface area contributed by atoms with E-state index < -0.39 is 0 Å². The molecule has 1 heteroatoms. The summed E-state index contributed by atoms with van der Waals surface area (Å²) in [6.45, 7) is 13.5. The monoisotopic (exact) mass is 266 g/mol. The summed E-state index contributed by atoms with van der Waals surface area (Å²) in [5.74, 6) is 3.33. The summed E-state index contributed by atoms with van der Waals surface area (Å²) in [5.41, 5.74) is 0.337. The van der Waals surface area contributed by atoms with Gasteiger partial charge < -0.3 is 0 Å². The average molecular weight is 266 g/mol. The number of carbonyl (C=O) groups excluding carboxylic acids is 1. The van der Waals surface area contributed by atoms with E-state index in [9.17, 15) is 4.79 Å². The molecule has 0 bridgehead atoms. The Balaban J connectivity index is 0.000000861. The number of carbonyl (C=O) groups is 1. The third-order valence-corrected chi connectivity index (χ3v) is 5.47. The van der Waals surface area contributed by atoms with Crippen molar-refractivity contribution in [1.82, 2.24) is 0 Å². The minimum absolute atomic E-state index is 0.337. The van der Waals surface area contributed by atoms with Crippen LogP contribution in [0.2, 0.25) is 0 Å². The van der Waals surface area contributed by atoms with E-state index in [-0.39, 0.29) is 0 Å². The van der Waals surface area contributed by atoms with Crippen molar-refractivity contribution in [2.24, 2.45) is 29.1 Å². The second kappa shape index (κ2) is 6.90. The molecule has 0 aliphatic heterocycles. The molecule has 2 aliphatic rings. The fourth-order valence-corrected chi connectivity index (χ4v) is 4.81. The Bertz CT molecular complexity index is 294. The van der Waals surface area contributed by atoms with Gasteiger partial charge in [-0.05, 0) is 55.3 Å². The van der Waals surface area contributed by atoms with Crippen LogP contribution in [0.4, 0.5) is 0 Å². The molecular weight excluding hydrogens is 232 g/mol. The number of Topliss-reactive ketones (excluding diaryl/α,β-unsaturated/α-hetero) is 1. The van der Waals surface area contributed by atoms with Crippen LogP contribution in [0.1, 0.15) is 80.1 Å². The fourth-order valence-electron chi connectivity index (χ4n) is 4.81. The van der Waals surface area contributed by atoms with Crippen LogP contribution in [0.25, 0.3) is 0 Å². The summed E-state index contributed by atoms with van der Waals surface area (Å²) in [6.07, 6.45) is 7.06. The summed E-state index contributed by atoms with van der Waals surface area (Å²) in [7, 11) is 0. The van der Waals surface area contributed by atoms with Crippen molar-refractivity contribution in [1.29, 1.82) is 0 Å². The number of rotatable bonds is 3. The molecule has 0 aromatic carbocycles. The molecule has 2 fully saturated rings. The first kappa shape index (κ1) is 16.7. The average Bonchev–Trinajstić information content (AvgIpc) is 2.69. The van der Waals surface area contributed by atoms with Crippen LogP contribution in [0.15, 0.2) is 0 Å². The normalized spacial score (nSPS) is 35.6. The molecule has 19 heavy (non-hydrogen) atoms. The molecule has 0 heterocycles. The summed E-state index contributed by atoms with van der Waals surface area (Å²) < 4.78 is 0. The van der Waals surface area contributed by atoms with Crippen LogP contribution >= 0.6 is 0 Å². The zero-order valence-electron chi connectivity index (χ0n) is 14.0. The van der Waals surface area contributed by atoms with Crippen molar-refractivity contribution in [3.05, 3.63) is 0 Å². The molecule has 0 spiro atoms. The second-order valence-corrected chi connectivity index (χ2v) is 7.17. The van der Waals surface area contributed by atoms with E-state index in [4.69, 9.17) is 0 Å². The van der Waals surface area contributed by atoms with Gasteiger partial charge in [0.25, 0.3) is 0 Å². The van der Waals surface area contributed by atoms with Gasteiger partial charge in [-0.3, -0.25) is 4.79 Å². The van der Waals surface area contributed by atoms with E-state index in [2.05, 4.69) is 27.7 Å². The highest BCUT2D eigenvalue weighted by molar-refractivity contribution is 5.83. The second-order valence-electron chi connectivity index (χ2n) is 7.17. The molecular formula is C18H34O. The van der Waals surface area contributed by atoms with E-state index in [0.29, 0.717) is 17.1 Å². The van der Waals surface area contributed by atoms with Crippen molar-refractivity contribution < 1.29 is 4.79 Å². The SMILES string of the molecule is CC.CC(C)CC(C)C1CCC2C(=O)CCCC21C. The highest BCUT2D eigenvalue weighted by Gasteiger charge is 2.52. The smallest absolute Gasteiger partial charge is 0.136 e. The van der Waals surface area contributed by atoms with Crippen molar-refractivity contribution >= 4 is 5.78 Å². The molecule has 0 N–H and O–H groups in total. The van der Waals surface area contributed by atoms with Gasteiger partial charge in [0.15, 0.2) is 0 Å². The van der Waals surface area contributed by atoms with Gasteiger partial charge in [-0.15, -0.1) is 0 Å². The molecule has 112 valence electrons. The Morgan fingerprint density at radius 1 is 1.21 bits per heavy atom. The maximum atomic E-state index is 12.1. The highest BCUT2D eigenvalue weighted by Crippen LogP contribution is 2.57. The van der Waals surface area contributed by atoms with Gasteiger partial charge in [-0.2, -0.15) is 0 Å². The molecule has 1 nitrogen and oxygen atoms in total. The van der Waals surface area contributed by atoms with Gasteiger partial charge in [0.2, 0.25) is 0 Å². The van der Waals surface area contributed by atoms with Gasteiger partial charge in [-0.1, -0.05) is 41.5 Å². The number of fused-ring (bicyclic) bond motifs is 1. The predicted molar refractivity (Wildman–Crippen MR) is 83.1 cm³/mol. The molecule has 0 aromatic rings. The molecule has 2 aliphatic carbocycles. The molecule has 4 unspecified atom stereocenters. The third-order valence-electron chi connectivity index (χ3n) is 5.47. The molecule has 2 rings (SSSR count). The summed E-state index contributed by atoms with van der Waals surface area (Å²) >= 11 is 0. The Morgan fingerprint density at radius 2 is 1.84 bits per heavy atom. The molecule has 0 saturated heterocycles. The summed E-state index contributed by atoms with van der Waals surface area (Å²) in [6, 6.07) is 0. The molecule has 0 amide bonds. The van der Waals surface area contributed by atoms with Gasteiger partial charge in [0.1, 0.15) is 5.78 Å². The lowest BCUT2D eigenvalue weighted by molar-refractivity contribution is -0.130. The van der Waals surface area contributed by atoms with Crippen LogP contribution < -0.4 is 0 Å². The van der Waals surface area contributed by atoms with Crippen LogP contribution in [0.5, 0.6) is 0 Å². The Labute approximate surface area is 120 Å². The van der Waals surface area contributed by atoms with Crippen LogP contribution in [0.3, 0.4) is 0 Å². The van der Waals surface area contributed by atoms with Crippen LogP contribution in [0, 0.1) is 29.1 Å². The maximum Gasteiger partial charge on any atom is 0.136 e. The number of ketones is 1. The Kier molecular flexibility index (Phi) is 6.08. The van der Waals surface area contributed by atoms with Gasteiger partial charge in [0.05, 0.1) is 0 Å². The van der Waals surface area contributed by atoms with Gasteiger partial charge >= 0.3 is 0 Å². The third kappa shape index (κ3) is 3.41. The zero-order valence-corrected chi connectivity index (χ0v) is 14.0. The number of hydrogen-bond acceptors (Lipinski definition) is 1. The van der Waals surface area contributed by atoms with Crippen LogP contribution in [-0.4, -0.2) is 5.78 Å². The lowest BCUT2D eigenvalue weighted by atomic mass is 9.61. The van der Waals surface area contributed by atoms with Crippen molar-refractivity contribution in [2.75, 3.05) is 0 Å². The van der Waals surface area contributed by atoms with Crippen molar-refractivity contribution in [3.8, 4) is 0 Å². The Morgan fingerprint density at radius 3 is 2.42 bits per heavy atom. The quantitative estimate of drug-likeness (QED) is 0.661. The molecule has 2 saturated carbocycles. The summed E-state index contributed by atoms with van der Waals surface area (Å²) in [4.78, 5) is 12.1. The first-order chi connectivity index (χ1) is 8.95. The highest BCUT2D eigenvalue weighted by atomic mass is 16.1. The van der Waals surface area contributed by atoms with Crippen molar-refractivity contribution in [3.63, 3.8) is 0 Å². The molecule has 0 aromatic heterocycles. The number of hydrogen-bond donors (Lipinski definition) is 0. The predicted octanol–water partition coefficient (Wildman–Crippen LogP) is 5.48. The minimum atomic E-state index is 0.337. The van der Waals surface area contributed by atoms with E-state index in [1.165, 1.54) is 25.7 Å². The lowest BCUT2D eigenvalue weighted by Gasteiger charge is -2.42. The van der Waals surface area contributed by atoms with Crippen molar-refractivity contribution in [2.45, 2.75) is 80.1 Å². The minimum Gasteiger partial charge on any atom is -0.299 e. The molecule has 4 atom stereocenters.